The van der Waals surface area contributed by atoms with Crippen LogP contribution >= 0.6 is 15.9 Å². The topological polar surface area (TPSA) is 0 Å². The molecule has 0 saturated carbocycles. The van der Waals surface area contributed by atoms with Gasteiger partial charge in [0.15, 0.2) is 0 Å². The Kier molecular flexibility index (Phi) is 6.63. The van der Waals surface area contributed by atoms with Crippen molar-refractivity contribution >= 4 is 15.9 Å². The molecule has 0 aliphatic carbocycles. The van der Waals surface area contributed by atoms with Gasteiger partial charge in [0.2, 0.25) is 0 Å². The molecule has 0 unspecified atom stereocenters. The largest absolute Gasteiger partial charge is 0.508 e. The first-order valence-electron chi connectivity index (χ1n) is 3.27. The Morgan fingerprint density at radius 3 is 1.75 bits per heavy atom. The number of rotatable bonds is 4. The summed E-state index contributed by atoms with van der Waals surface area (Å²) in [5.74, 6) is 0. The van der Waals surface area contributed by atoms with Crippen LogP contribution in [0.4, 0.5) is 0 Å². The van der Waals surface area contributed by atoms with Gasteiger partial charge in [-0.2, -0.15) is 6.16 Å². The standard InChI is InChI=1S/C6H15P2/c1-4-7-8(5-2)6-3/h4-6H2,1-3H3/q-1. The lowest BCUT2D eigenvalue weighted by atomic mass is 11.0. The molecule has 50 valence electrons. The third kappa shape index (κ3) is 3.81. The summed E-state index contributed by atoms with van der Waals surface area (Å²) in [6.07, 6.45) is 4.19. The summed E-state index contributed by atoms with van der Waals surface area (Å²) >= 11 is 0. The predicted octanol–water partition coefficient (Wildman–Crippen LogP) is 3.39. The van der Waals surface area contributed by atoms with Crippen molar-refractivity contribution in [3.05, 3.63) is 0 Å². The van der Waals surface area contributed by atoms with Crippen LogP contribution in [-0.4, -0.2) is 18.5 Å². The third-order valence-corrected chi connectivity index (χ3v) is 6.96. The van der Waals surface area contributed by atoms with E-state index in [1.807, 2.05) is 0 Å². The van der Waals surface area contributed by atoms with Gasteiger partial charge in [-0.25, -0.2) is 0 Å². The van der Waals surface area contributed by atoms with Crippen molar-refractivity contribution in [3.63, 3.8) is 0 Å². The van der Waals surface area contributed by atoms with Crippen molar-refractivity contribution in [2.24, 2.45) is 0 Å². The summed E-state index contributed by atoms with van der Waals surface area (Å²) < 4.78 is 0. The quantitative estimate of drug-likeness (QED) is 0.537. The molecule has 0 bridgehead atoms. The zero-order valence-corrected chi connectivity index (χ0v) is 7.80. The highest BCUT2D eigenvalue weighted by Crippen LogP contribution is 2.53. The van der Waals surface area contributed by atoms with Crippen LogP contribution in [-0.2, 0) is 0 Å². The Labute approximate surface area is 55.9 Å². The minimum absolute atomic E-state index is 0.416. The van der Waals surface area contributed by atoms with Crippen molar-refractivity contribution in [3.8, 4) is 0 Å². The van der Waals surface area contributed by atoms with E-state index in [-0.39, 0.29) is 0 Å². The maximum Gasteiger partial charge on any atom is -0.0625 e. The van der Waals surface area contributed by atoms with Gasteiger partial charge >= 0.3 is 0 Å². The monoisotopic (exact) mass is 149 g/mol. The zero-order valence-electron chi connectivity index (χ0n) is 6.02. The van der Waals surface area contributed by atoms with Gasteiger partial charge in [-0.3, -0.25) is 7.61 Å². The Hall–Kier alpha value is 0.860. The van der Waals surface area contributed by atoms with Crippen LogP contribution in [0.25, 0.3) is 0 Å². The minimum Gasteiger partial charge on any atom is -0.508 e. The van der Waals surface area contributed by atoms with Crippen LogP contribution in [0.15, 0.2) is 0 Å². The molecule has 0 spiro atoms. The van der Waals surface area contributed by atoms with Crippen LogP contribution in [0.2, 0.25) is 0 Å². The summed E-state index contributed by atoms with van der Waals surface area (Å²) in [5.41, 5.74) is 0. The van der Waals surface area contributed by atoms with Crippen molar-refractivity contribution in [1.82, 2.24) is 0 Å². The van der Waals surface area contributed by atoms with E-state index in [0.717, 1.165) is 0 Å². The molecule has 0 heterocycles. The van der Waals surface area contributed by atoms with Crippen molar-refractivity contribution in [2.75, 3.05) is 18.5 Å². The molecule has 0 aliphatic rings. The lowest BCUT2D eigenvalue weighted by molar-refractivity contribution is 1.43. The summed E-state index contributed by atoms with van der Waals surface area (Å²) in [6.45, 7) is 6.87. The molecular formula is C6H15P2-. The molecule has 0 saturated heterocycles. The van der Waals surface area contributed by atoms with E-state index in [1.165, 1.54) is 18.5 Å². The fraction of sp³-hybridized carbons (Fsp3) is 1.00. The summed E-state index contributed by atoms with van der Waals surface area (Å²) in [5, 5.41) is 0. The lowest BCUT2D eigenvalue weighted by Gasteiger charge is -2.27. The smallest absolute Gasteiger partial charge is 0.0625 e. The van der Waals surface area contributed by atoms with Gasteiger partial charge in [0.25, 0.3) is 0 Å². The SMILES string of the molecule is CC[P-]P(CC)CC. The highest BCUT2D eigenvalue weighted by Gasteiger charge is 1.82. The Bertz CT molecular complexity index is 41.8. The van der Waals surface area contributed by atoms with E-state index < -0.39 is 0 Å². The van der Waals surface area contributed by atoms with Gasteiger partial charge in [0, 0.05) is 0 Å². The fourth-order valence-corrected chi connectivity index (χ4v) is 4.27. The van der Waals surface area contributed by atoms with Gasteiger partial charge in [-0.15, -0.1) is 0 Å². The molecule has 0 fully saturated rings. The molecule has 0 radical (unpaired) electrons. The molecule has 0 nitrogen and oxygen atoms in total. The second-order valence-corrected chi connectivity index (χ2v) is 7.34. The summed E-state index contributed by atoms with van der Waals surface area (Å²) in [4.78, 5) is 0. The molecule has 0 aromatic rings. The van der Waals surface area contributed by atoms with Crippen molar-refractivity contribution in [1.29, 1.82) is 0 Å². The lowest BCUT2D eigenvalue weighted by Crippen LogP contribution is -1.74. The predicted molar refractivity (Wildman–Crippen MR) is 45.5 cm³/mol. The summed E-state index contributed by atoms with van der Waals surface area (Å²) in [6, 6.07) is 0. The minimum atomic E-state index is 0.416. The van der Waals surface area contributed by atoms with E-state index >= 15 is 0 Å². The second kappa shape index (κ2) is 5.99. The van der Waals surface area contributed by atoms with E-state index in [4.69, 9.17) is 0 Å². The molecule has 0 aromatic carbocycles. The fourth-order valence-electron chi connectivity index (χ4n) is 0.624. The van der Waals surface area contributed by atoms with E-state index in [1.54, 1.807) is 8.27 Å². The van der Waals surface area contributed by atoms with E-state index in [0.29, 0.717) is 7.61 Å². The number of hydrogen-bond donors (Lipinski definition) is 0. The Morgan fingerprint density at radius 1 is 1.12 bits per heavy atom. The summed E-state index contributed by atoms with van der Waals surface area (Å²) in [7, 11) is 2.12. The van der Waals surface area contributed by atoms with Gasteiger partial charge < -0.3 is 8.27 Å². The first-order valence-corrected chi connectivity index (χ1v) is 6.77. The molecule has 0 N–H and O–H groups in total. The normalized spacial score (nSPS) is 12.0. The highest BCUT2D eigenvalue weighted by molar-refractivity contribution is 8.21. The van der Waals surface area contributed by atoms with Crippen LogP contribution in [0.1, 0.15) is 20.8 Å². The first kappa shape index (κ1) is 8.86. The average Bonchev–Trinajstić information content (AvgIpc) is 1.83. The molecule has 8 heavy (non-hydrogen) atoms. The van der Waals surface area contributed by atoms with E-state index in [2.05, 4.69) is 20.8 Å². The van der Waals surface area contributed by atoms with Gasteiger partial charge in [-0.05, 0) is 0 Å². The Morgan fingerprint density at radius 2 is 1.62 bits per heavy atom. The molecule has 0 aromatic heterocycles. The average molecular weight is 149 g/mol. The van der Waals surface area contributed by atoms with Crippen LogP contribution < -0.4 is 0 Å². The van der Waals surface area contributed by atoms with Crippen molar-refractivity contribution < 1.29 is 0 Å². The molecular weight excluding hydrogens is 134 g/mol. The maximum atomic E-state index is 2.30. The molecule has 0 amide bonds. The molecule has 2 heteroatoms. The van der Waals surface area contributed by atoms with Crippen molar-refractivity contribution in [2.45, 2.75) is 20.8 Å². The highest BCUT2D eigenvalue weighted by atomic mass is 32.0. The second-order valence-electron chi connectivity index (χ2n) is 1.60. The van der Waals surface area contributed by atoms with Gasteiger partial charge in [-0.1, -0.05) is 33.1 Å². The molecule has 0 aliphatic heterocycles. The Balaban J connectivity index is 3.07. The van der Waals surface area contributed by atoms with Gasteiger partial charge in [0.1, 0.15) is 0 Å². The van der Waals surface area contributed by atoms with Crippen LogP contribution in [0.3, 0.4) is 0 Å². The van der Waals surface area contributed by atoms with Gasteiger partial charge in [0.05, 0.1) is 0 Å². The number of hydrogen-bond acceptors (Lipinski definition) is 0. The zero-order chi connectivity index (χ0) is 6.41. The molecule has 0 rings (SSSR count). The third-order valence-electron chi connectivity index (χ3n) is 1.07. The van der Waals surface area contributed by atoms with Crippen LogP contribution in [0, 0.1) is 0 Å². The first-order chi connectivity index (χ1) is 3.85. The maximum absolute atomic E-state index is 2.30. The molecule has 0 atom stereocenters. The van der Waals surface area contributed by atoms with Crippen LogP contribution in [0.5, 0.6) is 0 Å². The van der Waals surface area contributed by atoms with E-state index in [9.17, 15) is 0 Å².